The van der Waals surface area contributed by atoms with Crippen LogP contribution in [0.15, 0.2) is 0 Å². The Hall–Kier alpha value is -0.420. The molecule has 1 aliphatic rings. The van der Waals surface area contributed by atoms with Crippen LogP contribution in [0.1, 0.15) is 19.8 Å². The van der Waals surface area contributed by atoms with Crippen LogP contribution in [0.3, 0.4) is 0 Å². The molecule has 1 aliphatic heterocycles. The molecule has 0 spiro atoms. The second-order valence-corrected chi connectivity index (χ2v) is 4.86. The lowest BCUT2D eigenvalue weighted by Gasteiger charge is -2.20. The van der Waals surface area contributed by atoms with E-state index in [4.69, 9.17) is 9.47 Å². The van der Waals surface area contributed by atoms with Crippen LogP contribution in [-0.2, 0) is 25.1 Å². The number of carbonyl (C=O) groups is 1. The van der Waals surface area contributed by atoms with E-state index >= 15 is 0 Å². The normalized spacial score (nSPS) is 20.4. The molecule has 0 aromatic carbocycles. The van der Waals surface area contributed by atoms with Crippen LogP contribution in [0, 0.1) is 0 Å². The summed E-state index contributed by atoms with van der Waals surface area (Å²) in [5.41, 5.74) is 0. The quantitative estimate of drug-likeness (QED) is 0.647. The van der Waals surface area contributed by atoms with E-state index in [1.165, 1.54) is 0 Å². The minimum atomic E-state index is -1.09. The average molecular weight is 220 g/mol. The van der Waals surface area contributed by atoms with Gasteiger partial charge < -0.3 is 9.47 Å². The summed E-state index contributed by atoms with van der Waals surface area (Å²) >= 11 is 0. The molecule has 82 valence electrons. The first-order chi connectivity index (χ1) is 6.74. The van der Waals surface area contributed by atoms with E-state index < -0.39 is 10.8 Å². The standard InChI is InChI=1S/C9H16O4S/c1-2-13-9(10)7-14(11)8-3-5-12-6-4-8/h8H,2-7H2,1H3. The van der Waals surface area contributed by atoms with E-state index in [-0.39, 0.29) is 17.0 Å². The van der Waals surface area contributed by atoms with Gasteiger partial charge in [-0.1, -0.05) is 0 Å². The van der Waals surface area contributed by atoms with Crippen LogP contribution >= 0.6 is 0 Å². The molecular formula is C9H16O4S. The Morgan fingerprint density at radius 1 is 1.50 bits per heavy atom. The van der Waals surface area contributed by atoms with E-state index in [0.29, 0.717) is 19.8 Å². The molecule has 0 saturated carbocycles. The van der Waals surface area contributed by atoms with Gasteiger partial charge in [-0.2, -0.15) is 0 Å². The second kappa shape index (κ2) is 6.14. The Kier molecular flexibility index (Phi) is 5.11. The van der Waals surface area contributed by atoms with Gasteiger partial charge >= 0.3 is 5.97 Å². The summed E-state index contributed by atoms with van der Waals surface area (Å²) in [6.07, 6.45) is 1.57. The summed E-state index contributed by atoms with van der Waals surface area (Å²) in [4.78, 5) is 11.0. The van der Waals surface area contributed by atoms with Gasteiger partial charge in [0.25, 0.3) is 0 Å². The van der Waals surface area contributed by atoms with Crippen LogP contribution < -0.4 is 0 Å². The summed E-state index contributed by atoms with van der Waals surface area (Å²) in [5, 5.41) is 0.105. The minimum absolute atomic E-state index is 0.0263. The highest BCUT2D eigenvalue weighted by Gasteiger charge is 2.22. The third-order valence-corrected chi connectivity index (χ3v) is 3.84. The lowest BCUT2D eigenvalue weighted by Crippen LogP contribution is -2.29. The lowest BCUT2D eigenvalue weighted by atomic mass is 10.2. The minimum Gasteiger partial charge on any atom is -0.465 e. The SMILES string of the molecule is CCOC(=O)CS(=O)C1CCOCC1. The van der Waals surface area contributed by atoms with E-state index in [1.807, 2.05) is 0 Å². The second-order valence-electron chi connectivity index (χ2n) is 3.14. The number of ether oxygens (including phenoxy) is 2. The number of rotatable bonds is 4. The van der Waals surface area contributed by atoms with Gasteiger partial charge in [0.1, 0.15) is 5.75 Å². The van der Waals surface area contributed by atoms with Crippen LogP contribution in [-0.4, -0.2) is 41.0 Å². The predicted octanol–water partition coefficient (Wildman–Crippen LogP) is 0.477. The molecule has 1 fully saturated rings. The van der Waals surface area contributed by atoms with Gasteiger partial charge in [0, 0.05) is 29.3 Å². The molecule has 0 radical (unpaired) electrons. The molecule has 1 unspecified atom stereocenters. The number of carbonyl (C=O) groups excluding carboxylic acids is 1. The largest absolute Gasteiger partial charge is 0.465 e. The molecule has 0 N–H and O–H groups in total. The molecule has 1 atom stereocenters. The Labute approximate surface area is 86.4 Å². The number of hydrogen-bond donors (Lipinski definition) is 0. The van der Waals surface area contributed by atoms with Crippen molar-refractivity contribution in [2.24, 2.45) is 0 Å². The molecule has 0 amide bonds. The molecule has 4 nitrogen and oxygen atoms in total. The zero-order valence-corrected chi connectivity index (χ0v) is 9.18. The molecule has 0 aromatic rings. The van der Waals surface area contributed by atoms with Crippen molar-refractivity contribution in [3.05, 3.63) is 0 Å². The maximum Gasteiger partial charge on any atom is 0.318 e. The third kappa shape index (κ3) is 3.75. The zero-order valence-electron chi connectivity index (χ0n) is 8.36. The molecule has 0 aromatic heterocycles. The van der Waals surface area contributed by atoms with Crippen molar-refractivity contribution in [3.8, 4) is 0 Å². The van der Waals surface area contributed by atoms with Gasteiger partial charge in [-0.25, -0.2) is 0 Å². The third-order valence-electron chi connectivity index (χ3n) is 2.11. The molecule has 0 bridgehead atoms. The molecule has 0 aliphatic carbocycles. The fourth-order valence-corrected chi connectivity index (χ4v) is 2.65. The molecule has 5 heteroatoms. The summed E-state index contributed by atoms with van der Waals surface area (Å²) in [6, 6.07) is 0. The van der Waals surface area contributed by atoms with Crippen molar-refractivity contribution < 1.29 is 18.5 Å². The Morgan fingerprint density at radius 2 is 2.14 bits per heavy atom. The summed E-state index contributed by atoms with van der Waals surface area (Å²) in [7, 11) is -1.09. The van der Waals surface area contributed by atoms with E-state index in [0.717, 1.165) is 12.8 Å². The number of hydrogen-bond acceptors (Lipinski definition) is 4. The monoisotopic (exact) mass is 220 g/mol. The zero-order chi connectivity index (χ0) is 10.4. The topological polar surface area (TPSA) is 52.6 Å². The highest BCUT2D eigenvalue weighted by molar-refractivity contribution is 7.86. The smallest absolute Gasteiger partial charge is 0.318 e. The summed E-state index contributed by atoms with van der Waals surface area (Å²) in [6.45, 7) is 3.40. The highest BCUT2D eigenvalue weighted by atomic mass is 32.2. The molecular weight excluding hydrogens is 204 g/mol. The van der Waals surface area contributed by atoms with Crippen LogP contribution in [0.5, 0.6) is 0 Å². The van der Waals surface area contributed by atoms with Gasteiger partial charge in [-0.05, 0) is 19.8 Å². The first kappa shape index (κ1) is 11.7. The maximum atomic E-state index is 11.6. The van der Waals surface area contributed by atoms with E-state index in [9.17, 15) is 9.00 Å². The summed E-state index contributed by atoms with van der Waals surface area (Å²) < 4.78 is 21.5. The highest BCUT2D eigenvalue weighted by Crippen LogP contribution is 2.13. The average Bonchev–Trinajstić information content (AvgIpc) is 2.19. The van der Waals surface area contributed by atoms with Crippen molar-refractivity contribution in [3.63, 3.8) is 0 Å². The molecule has 1 rings (SSSR count). The van der Waals surface area contributed by atoms with Gasteiger partial charge in [-0.15, -0.1) is 0 Å². The lowest BCUT2D eigenvalue weighted by molar-refractivity contribution is -0.139. The predicted molar refractivity (Wildman–Crippen MR) is 53.5 cm³/mol. The van der Waals surface area contributed by atoms with E-state index in [1.54, 1.807) is 6.92 Å². The van der Waals surface area contributed by atoms with Crippen molar-refractivity contribution in [2.75, 3.05) is 25.6 Å². The molecule has 1 saturated heterocycles. The van der Waals surface area contributed by atoms with Crippen molar-refractivity contribution >= 4 is 16.8 Å². The van der Waals surface area contributed by atoms with Crippen molar-refractivity contribution in [1.82, 2.24) is 0 Å². The van der Waals surface area contributed by atoms with Crippen LogP contribution in [0.25, 0.3) is 0 Å². The molecule has 1 heterocycles. The Morgan fingerprint density at radius 3 is 2.71 bits per heavy atom. The van der Waals surface area contributed by atoms with Gasteiger partial charge in [0.15, 0.2) is 0 Å². The number of esters is 1. The van der Waals surface area contributed by atoms with Gasteiger partial charge in [-0.3, -0.25) is 9.00 Å². The fraction of sp³-hybridized carbons (Fsp3) is 0.889. The van der Waals surface area contributed by atoms with Crippen LogP contribution in [0.4, 0.5) is 0 Å². The Bertz CT molecular complexity index is 211. The van der Waals surface area contributed by atoms with Crippen LogP contribution in [0.2, 0.25) is 0 Å². The first-order valence-corrected chi connectivity index (χ1v) is 6.22. The maximum absolute atomic E-state index is 11.6. The van der Waals surface area contributed by atoms with Gasteiger partial charge in [0.05, 0.1) is 6.61 Å². The van der Waals surface area contributed by atoms with Gasteiger partial charge in [0.2, 0.25) is 0 Å². The van der Waals surface area contributed by atoms with Crippen molar-refractivity contribution in [2.45, 2.75) is 25.0 Å². The van der Waals surface area contributed by atoms with E-state index in [2.05, 4.69) is 0 Å². The first-order valence-electron chi connectivity index (χ1n) is 4.84. The summed E-state index contributed by atoms with van der Waals surface area (Å²) in [5.74, 6) is -0.337. The Balaban J connectivity index is 2.29. The fourth-order valence-electron chi connectivity index (χ4n) is 1.38. The molecule has 14 heavy (non-hydrogen) atoms. The van der Waals surface area contributed by atoms with Crippen molar-refractivity contribution in [1.29, 1.82) is 0 Å².